The van der Waals surface area contributed by atoms with E-state index in [1.54, 1.807) is 0 Å². The Bertz CT molecular complexity index is 322. The highest BCUT2D eigenvalue weighted by Gasteiger charge is 2.43. The van der Waals surface area contributed by atoms with E-state index in [0.29, 0.717) is 12.2 Å². The molecule has 0 aromatic carbocycles. The molecule has 124 valence electrons. The largest absolute Gasteiger partial charge is 0.398 e. The van der Waals surface area contributed by atoms with E-state index in [9.17, 15) is 0 Å². The molecule has 0 aromatic heterocycles. The molecule has 0 bridgehead atoms. The maximum atomic E-state index is 6.32. The second-order valence-corrected chi connectivity index (χ2v) is 19.6. The highest BCUT2D eigenvalue weighted by Crippen LogP contribution is 2.41. The number of rotatable bonds is 8. The third-order valence-corrected chi connectivity index (χ3v) is 8.36. The van der Waals surface area contributed by atoms with Crippen molar-refractivity contribution >= 4 is 26.2 Å². The normalized spacial score (nSPS) is 30.1. The van der Waals surface area contributed by atoms with Crippen LogP contribution in [-0.4, -0.2) is 44.3 Å². The van der Waals surface area contributed by atoms with Gasteiger partial charge in [-0.25, -0.2) is 0 Å². The Kier molecular flexibility index (Phi) is 5.93. The molecule has 3 unspecified atom stereocenters. The third kappa shape index (κ3) is 7.09. The molecule has 1 aliphatic heterocycles. The average Bonchev–Trinajstić information content (AvgIpc) is 3.02. The van der Waals surface area contributed by atoms with Crippen LogP contribution in [0.4, 0.5) is 0 Å². The summed E-state index contributed by atoms with van der Waals surface area (Å²) in [5, 5.41) is 0. The molecule has 0 aromatic rings. The zero-order valence-corrected chi connectivity index (χ0v) is 18.2. The van der Waals surface area contributed by atoms with E-state index in [2.05, 4.69) is 39.3 Å². The lowest BCUT2D eigenvalue weighted by atomic mass is 9.88. The van der Waals surface area contributed by atoms with Crippen LogP contribution < -0.4 is 0 Å². The van der Waals surface area contributed by atoms with Gasteiger partial charge in [0.25, 0.3) is 0 Å². The summed E-state index contributed by atoms with van der Waals surface area (Å²) in [7, 11) is -3.30. The predicted octanol–water partition coefficient (Wildman–Crippen LogP) is 3.52. The van der Waals surface area contributed by atoms with Crippen molar-refractivity contribution in [1.82, 2.24) is 0 Å². The Morgan fingerprint density at radius 1 is 1.00 bits per heavy atom. The molecule has 21 heavy (non-hydrogen) atoms. The maximum absolute atomic E-state index is 6.32. The van der Waals surface area contributed by atoms with E-state index in [0.717, 1.165) is 5.92 Å². The summed E-state index contributed by atoms with van der Waals surface area (Å²) in [5.41, 5.74) is 0. The van der Waals surface area contributed by atoms with Crippen molar-refractivity contribution < 1.29 is 13.6 Å². The van der Waals surface area contributed by atoms with Crippen molar-refractivity contribution in [2.24, 2.45) is 5.92 Å². The number of fused-ring (bicyclic) bond motifs is 1. The van der Waals surface area contributed by atoms with Gasteiger partial charge in [0.1, 0.15) is 5.91 Å². The highest BCUT2D eigenvalue weighted by atomic mass is 28.4. The zero-order valence-electron chi connectivity index (χ0n) is 14.8. The summed E-state index contributed by atoms with van der Waals surface area (Å²) in [6.45, 7) is 13.6. The van der Waals surface area contributed by atoms with Crippen LogP contribution in [0.15, 0.2) is 0 Å². The fraction of sp³-hybridized carbons (Fsp3) is 1.00. The first-order valence-electron chi connectivity index (χ1n) is 8.63. The SMILES string of the molecule is C[Si](C)(C)OC(O[Si](C)(C)C)[SiH2]CCC1CCC2OC2C1. The molecule has 2 rings (SSSR count). The summed E-state index contributed by atoms with van der Waals surface area (Å²) in [5.74, 6) is 1.07. The van der Waals surface area contributed by atoms with Crippen LogP contribution in [0.25, 0.3) is 0 Å². The summed E-state index contributed by atoms with van der Waals surface area (Å²) in [4.78, 5) is 0. The van der Waals surface area contributed by atoms with Crippen LogP contribution in [0.1, 0.15) is 25.7 Å². The van der Waals surface area contributed by atoms with Crippen molar-refractivity contribution in [3.63, 3.8) is 0 Å². The molecular weight excluding hydrogens is 312 g/mol. The topological polar surface area (TPSA) is 31.0 Å². The van der Waals surface area contributed by atoms with Crippen LogP contribution in [0.5, 0.6) is 0 Å². The Hall–Kier alpha value is 0.531. The summed E-state index contributed by atoms with van der Waals surface area (Å²) in [6.07, 6.45) is 6.63. The molecule has 2 aliphatic rings. The van der Waals surface area contributed by atoms with Crippen molar-refractivity contribution in [2.75, 3.05) is 0 Å². The molecule has 0 amide bonds. The van der Waals surface area contributed by atoms with E-state index < -0.39 is 16.6 Å². The Morgan fingerprint density at radius 3 is 2.14 bits per heavy atom. The molecule has 0 radical (unpaired) electrons. The number of hydrogen-bond acceptors (Lipinski definition) is 3. The van der Waals surface area contributed by atoms with E-state index in [1.165, 1.54) is 31.7 Å². The predicted molar refractivity (Wildman–Crippen MR) is 96.6 cm³/mol. The Labute approximate surface area is 135 Å². The van der Waals surface area contributed by atoms with Crippen molar-refractivity contribution in [3.05, 3.63) is 0 Å². The van der Waals surface area contributed by atoms with E-state index in [4.69, 9.17) is 13.6 Å². The molecule has 3 atom stereocenters. The van der Waals surface area contributed by atoms with Gasteiger partial charge in [-0.2, -0.15) is 0 Å². The lowest BCUT2D eigenvalue weighted by Gasteiger charge is -2.32. The molecule has 2 fully saturated rings. The lowest BCUT2D eigenvalue weighted by Crippen LogP contribution is -2.43. The quantitative estimate of drug-likeness (QED) is 0.383. The van der Waals surface area contributed by atoms with Crippen LogP contribution in [0.2, 0.25) is 45.3 Å². The number of ether oxygens (including phenoxy) is 1. The van der Waals surface area contributed by atoms with Gasteiger partial charge in [-0.1, -0.05) is 12.5 Å². The lowest BCUT2D eigenvalue weighted by molar-refractivity contribution is 0.0603. The van der Waals surface area contributed by atoms with Gasteiger partial charge in [-0.15, -0.1) is 0 Å². The van der Waals surface area contributed by atoms with E-state index >= 15 is 0 Å². The molecule has 0 N–H and O–H groups in total. The highest BCUT2D eigenvalue weighted by molar-refractivity contribution is 6.71. The maximum Gasteiger partial charge on any atom is 0.186 e. The van der Waals surface area contributed by atoms with Gasteiger partial charge >= 0.3 is 0 Å². The number of hydrogen-bond donors (Lipinski definition) is 0. The standard InChI is InChI=1S/C15H34O3Si3/c1-20(2,3)17-15(18-21(4,5)6)19-10-9-12-7-8-13-14(11-12)16-13/h12-15H,7-11,19H2,1-6H3. The molecular formula is C15H34O3Si3. The van der Waals surface area contributed by atoms with Gasteiger partial charge in [0, 0.05) is 0 Å². The van der Waals surface area contributed by atoms with Crippen LogP contribution in [-0.2, 0) is 13.6 Å². The first-order valence-corrected chi connectivity index (χ1v) is 17.3. The van der Waals surface area contributed by atoms with Crippen molar-refractivity contribution in [3.8, 4) is 0 Å². The summed E-state index contributed by atoms with van der Waals surface area (Å²) < 4.78 is 18.3. The Morgan fingerprint density at radius 2 is 1.62 bits per heavy atom. The molecule has 3 nitrogen and oxygen atoms in total. The first-order chi connectivity index (χ1) is 9.62. The summed E-state index contributed by atoms with van der Waals surface area (Å²) >= 11 is 0. The fourth-order valence-corrected chi connectivity index (χ4v) is 10.1. The van der Waals surface area contributed by atoms with Crippen molar-refractivity contribution in [1.29, 1.82) is 0 Å². The average molecular weight is 347 g/mol. The molecule has 6 heteroatoms. The van der Waals surface area contributed by atoms with Crippen LogP contribution in [0, 0.1) is 5.92 Å². The summed E-state index contributed by atoms with van der Waals surface area (Å²) in [6, 6.07) is 1.36. The second-order valence-electron chi connectivity index (χ2n) is 8.71. The number of epoxide rings is 1. The first kappa shape index (κ1) is 17.9. The minimum Gasteiger partial charge on any atom is -0.398 e. The zero-order chi connectivity index (χ0) is 15.7. The molecule has 1 saturated heterocycles. The van der Waals surface area contributed by atoms with E-state index in [-0.39, 0.29) is 15.4 Å². The smallest absolute Gasteiger partial charge is 0.186 e. The van der Waals surface area contributed by atoms with Gasteiger partial charge in [-0.05, 0) is 64.5 Å². The second kappa shape index (κ2) is 6.97. The van der Waals surface area contributed by atoms with Gasteiger partial charge < -0.3 is 13.6 Å². The van der Waals surface area contributed by atoms with Gasteiger partial charge in [0.2, 0.25) is 0 Å². The van der Waals surface area contributed by atoms with Crippen LogP contribution >= 0.6 is 0 Å². The molecule has 1 saturated carbocycles. The van der Waals surface area contributed by atoms with Gasteiger partial charge in [-0.3, -0.25) is 0 Å². The third-order valence-electron chi connectivity index (χ3n) is 4.13. The van der Waals surface area contributed by atoms with Gasteiger partial charge in [0.15, 0.2) is 16.6 Å². The Balaban J connectivity index is 1.72. The monoisotopic (exact) mass is 346 g/mol. The fourth-order valence-electron chi connectivity index (χ4n) is 3.25. The van der Waals surface area contributed by atoms with E-state index in [1.807, 2.05) is 0 Å². The van der Waals surface area contributed by atoms with Crippen LogP contribution in [0.3, 0.4) is 0 Å². The minimum absolute atomic E-state index is 0.164. The molecule has 0 spiro atoms. The van der Waals surface area contributed by atoms with Crippen molar-refractivity contribution in [2.45, 2.75) is 89.1 Å². The van der Waals surface area contributed by atoms with Gasteiger partial charge in [0.05, 0.1) is 21.7 Å². The molecule has 1 heterocycles. The minimum atomic E-state index is -1.50. The molecule has 1 aliphatic carbocycles.